The molecule has 1 saturated heterocycles. The molecule has 26 heavy (non-hydrogen) atoms. The molecule has 1 aliphatic rings. The Balaban J connectivity index is 1.64. The summed E-state index contributed by atoms with van der Waals surface area (Å²) in [5, 5.41) is -0.0159. The molecule has 2 heterocycles. The molecule has 1 aliphatic heterocycles. The number of benzene rings is 1. The van der Waals surface area contributed by atoms with Gasteiger partial charge in [0.25, 0.3) is 0 Å². The lowest BCUT2D eigenvalue weighted by Gasteiger charge is -2.31. The van der Waals surface area contributed by atoms with E-state index >= 15 is 0 Å². The van der Waals surface area contributed by atoms with Gasteiger partial charge in [0.2, 0.25) is 5.88 Å². The summed E-state index contributed by atoms with van der Waals surface area (Å²) in [7, 11) is 0. The summed E-state index contributed by atoms with van der Waals surface area (Å²) in [6.45, 7) is 3.60. The fraction of sp³-hybridized carbons (Fsp3) is 0.389. The van der Waals surface area contributed by atoms with Crippen molar-refractivity contribution >= 4 is 23.4 Å². The van der Waals surface area contributed by atoms with E-state index < -0.39 is 5.82 Å². The Morgan fingerprint density at radius 2 is 2.08 bits per heavy atom. The number of hydrogen-bond acceptors (Lipinski definition) is 6. The van der Waals surface area contributed by atoms with Crippen molar-refractivity contribution in [2.75, 3.05) is 24.6 Å². The molecular weight excluding hydrogens is 361 g/mol. The van der Waals surface area contributed by atoms with Crippen LogP contribution in [0.4, 0.5) is 10.2 Å². The first kappa shape index (κ1) is 18.4. The van der Waals surface area contributed by atoms with E-state index in [0.717, 1.165) is 0 Å². The average Bonchev–Trinajstić information content (AvgIpc) is 2.65. The van der Waals surface area contributed by atoms with E-state index in [1.807, 2.05) is 6.92 Å². The van der Waals surface area contributed by atoms with Crippen LogP contribution in [0.1, 0.15) is 19.8 Å². The average molecular weight is 380 g/mol. The molecule has 0 aliphatic carbocycles. The van der Waals surface area contributed by atoms with Crippen molar-refractivity contribution in [3.63, 3.8) is 0 Å². The number of aromatic nitrogens is 2. The zero-order chi connectivity index (χ0) is 18.5. The number of nitrogens with zero attached hydrogens (tertiary/aromatic N) is 3. The number of hydrogen-bond donors (Lipinski definition) is 0. The first-order valence-corrected chi connectivity index (χ1v) is 8.81. The highest BCUT2D eigenvalue weighted by molar-refractivity contribution is 6.30. The van der Waals surface area contributed by atoms with Gasteiger partial charge < -0.3 is 14.4 Å². The summed E-state index contributed by atoms with van der Waals surface area (Å²) in [4.78, 5) is 22.3. The zero-order valence-electron chi connectivity index (χ0n) is 14.3. The minimum absolute atomic E-state index is 0.0159. The summed E-state index contributed by atoms with van der Waals surface area (Å²) in [6, 6.07) is 5.82. The Morgan fingerprint density at radius 3 is 2.77 bits per heavy atom. The molecule has 0 spiro atoms. The summed E-state index contributed by atoms with van der Waals surface area (Å²) in [5.74, 6) is 0.738. The lowest BCUT2D eigenvalue weighted by Crippen LogP contribution is -2.37. The van der Waals surface area contributed by atoms with Gasteiger partial charge in [-0.25, -0.2) is 14.4 Å². The molecule has 6 nitrogen and oxygen atoms in total. The number of ether oxygens (including phenoxy) is 2. The van der Waals surface area contributed by atoms with Crippen LogP contribution in [0.25, 0.3) is 0 Å². The summed E-state index contributed by atoms with van der Waals surface area (Å²) in [6.07, 6.45) is 2.84. The zero-order valence-corrected chi connectivity index (χ0v) is 15.1. The number of piperidine rings is 1. The van der Waals surface area contributed by atoms with Crippen molar-refractivity contribution in [3.8, 4) is 11.6 Å². The van der Waals surface area contributed by atoms with E-state index in [9.17, 15) is 9.18 Å². The van der Waals surface area contributed by atoms with Gasteiger partial charge in [-0.15, -0.1) is 0 Å². The van der Waals surface area contributed by atoms with E-state index in [0.29, 0.717) is 50.0 Å². The van der Waals surface area contributed by atoms with E-state index in [1.54, 1.807) is 6.07 Å². The highest BCUT2D eigenvalue weighted by Crippen LogP contribution is 2.28. The molecule has 0 atom stereocenters. The Bertz CT molecular complexity index is 782. The fourth-order valence-electron chi connectivity index (χ4n) is 2.82. The van der Waals surface area contributed by atoms with E-state index in [-0.39, 0.29) is 16.9 Å². The molecule has 1 aromatic carbocycles. The molecule has 8 heteroatoms. The number of esters is 1. The van der Waals surface area contributed by atoms with Crippen molar-refractivity contribution in [1.82, 2.24) is 9.97 Å². The predicted octanol–water partition coefficient (Wildman–Crippen LogP) is 3.84. The molecule has 138 valence electrons. The fourth-order valence-corrected chi connectivity index (χ4v) is 2.99. The second-order valence-electron chi connectivity index (χ2n) is 5.91. The monoisotopic (exact) mass is 379 g/mol. The Hall–Kier alpha value is -2.41. The van der Waals surface area contributed by atoms with Crippen LogP contribution in [-0.4, -0.2) is 35.6 Å². The van der Waals surface area contributed by atoms with Crippen LogP contribution in [0, 0.1) is 11.7 Å². The third-order valence-corrected chi connectivity index (χ3v) is 4.47. The lowest BCUT2D eigenvalue weighted by molar-refractivity contribution is -0.148. The largest absolute Gasteiger partial charge is 0.466 e. The SMILES string of the molecule is CCOC(=O)C1CCN(c2cc(Oc3ccc(F)c(Cl)c3)ncn2)CC1. The molecule has 3 rings (SSSR count). The molecule has 1 fully saturated rings. The van der Waals surface area contributed by atoms with Gasteiger partial charge in [0.15, 0.2) is 0 Å². The molecule has 0 bridgehead atoms. The van der Waals surface area contributed by atoms with Crippen LogP contribution in [0.15, 0.2) is 30.6 Å². The first-order chi connectivity index (χ1) is 12.6. The molecule has 0 saturated carbocycles. The maximum absolute atomic E-state index is 13.2. The van der Waals surface area contributed by atoms with Gasteiger partial charge in [0, 0.05) is 25.2 Å². The van der Waals surface area contributed by atoms with E-state index in [2.05, 4.69) is 14.9 Å². The van der Waals surface area contributed by atoms with Gasteiger partial charge in [-0.1, -0.05) is 11.6 Å². The molecule has 0 unspecified atom stereocenters. The second kappa shape index (κ2) is 8.31. The normalized spacial score (nSPS) is 15.0. The van der Waals surface area contributed by atoms with Crippen LogP contribution < -0.4 is 9.64 Å². The van der Waals surface area contributed by atoms with Crippen LogP contribution in [0.2, 0.25) is 5.02 Å². The van der Waals surface area contributed by atoms with Gasteiger partial charge >= 0.3 is 5.97 Å². The van der Waals surface area contributed by atoms with Crippen LogP contribution >= 0.6 is 11.6 Å². The Morgan fingerprint density at radius 1 is 1.31 bits per heavy atom. The standard InChI is InChI=1S/C18H19ClFN3O3/c1-2-25-18(24)12-5-7-23(8-6-12)16-10-17(22-11-21-16)26-13-3-4-15(20)14(19)9-13/h3-4,9-12H,2,5-8H2,1H3. The number of anilines is 1. The molecule has 0 radical (unpaired) electrons. The Labute approximate surface area is 155 Å². The van der Waals surface area contributed by atoms with Gasteiger partial charge in [-0.2, -0.15) is 0 Å². The second-order valence-corrected chi connectivity index (χ2v) is 6.31. The quantitative estimate of drug-likeness (QED) is 0.735. The van der Waals surface area contributed by atoms with Crippen LogP contribution in [0.3, 0.4) is 0 Å². The third-order valence-electron chi connectivity index (χ3n) is 4.18. The summed E-state index contributed by atoms with van der Waals surface area (Å²) in [5.41, 5.74) is 0. The first-order valence-electron chi connectivity index (χ1n) is 8.43. The highest BCUT2D eigenvalue weighted by atomic mass is 35.5. The molecule has 2 aromatic rings. The van der Waals surface area contributed by atoms with Gasteiger partial charge in [0.1, 0.15) is 23.7 Å². The maximum atomic E-state index is 13.2. The van der Waals surface area contributed by atoms with Crippen LogP contribution in [0.5, 0.6) is 11.6 Å². The molecular formula is C18H19ClFN3O3. The van der Waals surface area contributed by atoms with Crippen LogP contribution in [-0.2, 0) is 9.53 Å². The highest BCUT2D eigenvalue weighted by Gasteiger charge is 2.26. The number of carbonyl (C=O) groups excluding carboxylic acids is 1. The van der Waals surface area contributed by atoms with Crippen molar-refractivity contribution in [2.24, 2.45) is 5.92 Å². The minimum atomic E-state index is -0.508. The number of carbonyl (C=O) groups is 1. The summed E-state index contributed by atoms with van der Waals surface area (Å²) < 4.78 is 23.9. The van der Waals surface area contributed by atoms with Gasteiger partial charge in [0.05, 0.1) is 17.5 Å². The molecule has 1 aromatic heterocycles. The van der Waals surface area contributed by atoms with E-state index in [4.69, 9.17) is 21.1 Å². The van der Waals surface area contributed by atoms with E-state index in [1.165, 1.54) is 24.5 Å². The van der Waals surface area contributed by atoms with Crippen molar-refractivity contribution < 1.29 is 18.7 Å². The minimum Gasteiger partial charge on any atom is -0.466 e. The van der Waals surface area contributed by atoms with Crippen molar-refractivity contribution in [3.05, 3.63) is 41.4 Å². The topological polar surface area (TPSA) is 64.5 Å². The smallest absolute Gasteiger partial charge is 0.309 e. The van der Waals surface area contributed by atoms with Crippen molar-refractivity contribution in [2.45, 2.75) is 19.8 Å². The lowest BCUT2D eigenvalue weighted by atomic mass is 9.97. The number of halogens is 2. The predicted molar refractivity (Wildman–Crippen MR) is 95.1 cm³/mol. The Kier molecular flexibility index (Phi) is 5.88. The number of rotatable bonds is 5. The molecule has 0 N–H and O–H groups in total. The molecule has 0 amide bonds. The van der Waals surface area contributed by atoms with Gasteiger partial charge in [-0.3, -0.25) is 4.79 Å². The van der Waals surface area contributed by atoms with Crippen molar-refractivity contribution in [1.29, 1.82) is 0 Å². The summed E-state index contributed by atoms with van der Waals surface area (Å²) >= 11 is 5.76. The third kappa shape index (κ3) is 4.40. The van der Waals surface area contributed by atoms with Gasteiger partial charge in [-0.05, 0) is 31.9 Å². The maximum Gasteiger partial charge on any atom is 0.309 e.